The van der Waals surface area contributed by atoms with Gasteiger partial charge < -0.3 is 9.47 Å². The van der Waals surface area contributed by atoms with Crippen LogP contribution in [0.15, 0.2) is 140 Å². The summed E-state index contributed by atoms with van der Waals surface area (Å²) in [7, 11) is 0. The molecule has 9 rings (SSSR count). The van der Waals surface area contributed by atoms with Crippen molar-refractivity contribution in [2.45, 2.75) is 0 Å². The van der Waals surface area contributed by atoms with E-state index in [0.717, 1.165) is 11.4 Å². The van der Waals surface area contributed by atoms with Gasteiger partial charge in [-0.2, -0.15) is 0 Å². The summed E-state index contributed by atoms with van der Waals surface area (Å²) in [6, 6.07) is 46.0. The van der Waals surface area contributed by atoms with Crippen LogP contribution in [-0.4, -0.2) is 9.55 Å². The number of nitrogens with zero attached hydrogens (tertiary/aromatic N) is 3. The summed E-state index contributed by atoms with van der Waals surface area (Å²) in [6.45, 7) is 0. The number of fused-ring (bicyclic) bond motifs is 7. The molecule has 0 amide bonds. The Morgan fingerprint density at radius 2 is 1.23 bits per heavy atom. The minimum absolute atomic E-state index is 1.10. The molecule has 3 heteroatoms. The molecule has 0 bridgehead atoms. The van der Waals surface area contributed by atoms with Crippen molar-refractivity contribution in [2.75, 3.05) is 4.90 Å². The first-order valence-electron chi connectivity index (χ1n) is 13.6. The van der Waals surface area contributed by atoms with E-state index in [1.807, 2.05) is 12.4 Å². The average molecular weight is 510 g/mol. The smallest absolute Gasteiger partial charge is 0.0724 e. The maximum atomic E-state index is 4.60. The molecule has 6 aromatic carbocycles. The van der Waals surface area contributed by atoms with Gasteiger partial charge in [0.15, 0.2) is 0 Å². The van der Waals surface area contributed by atoms with Gasteiger partial charge in [-0.1, -0.05) is 84.9 Å². The second-order valence-corrected chi connectivity index (χ2v) is 10.4. The molecule has 0 unspecified atom stereocenters. The van der Waals surface area contributed by atoms with Crippen LogP contribution >= 0.6 is 0 Å². The van der Waals surface area contributed by atoms with Crippen molar-refractivity contribution >= 4 is 60.4 Å². The van der Waals surface area contributed by atoms with E-state index in [-0.39, 0.29) is 0 Å². The third-order valence-corrected chi connectivity index (χ3v) is 8.36. The minimum Gasteiger partial charge on any atom is -0.309 e. The second kappa shape index (κ2) is 8.05. The maximum Gasteiger partial charge on any atom is 0.0724 e. The summed E-state index contributed by atoms with van der Waals surface area (Å²) < 4.78 is 2.43. The van der Waals surface area contributed by atoms with Gasteiger partial charge in [0.1, 0.15) is 0 Å². The van der Waals surface area contributed by atoms with E-state index in [4.69, 9.17) is 0 Å². The Labute approximate surface area is 231 Å². The number of para-hydroxylation sites is 2. The molecular weight excluding hydrogens is 486 g/mol. The number of aromatic nitrogens is 2. The van der Waals surface area contributed by atoms with Gasteiger partial charge in [-0.25, -0.2) is 0 Å². The Kier molecular flexibility index (Phi) is 4.33. The SMILES string of the molecule is c1ccc(-n2c3ccccc3c3cc4c5c(cccc5c32)N(c2cccc3ccccc23)c2cnccc2-4)cc1. The number of hydrogen-bond donors (Lipinski definition) is 0. The maximum absolute atomic E-state index is 4.60. The molecule has 2 aromatic heterocycles. The van der Waals surface area contributed by atoms with Crippen LogP contribution in [0.3, 0.4) is 0 Å². The summed E-state index contributed by atoms with van der Waals surface area (Å²) >= 11 is 0. The highest BCUT2D eigenvalue weighted by Gasteiger charge is 2.29. The second-order valence-electron chi connectivity index (χ2n) is 10.4. The van der Waals surface area contributed by atoms with Crippen LogP contribution < -0.4 is 4.90 Å². The molecule has 186 valence electrons. The molecular formula is C37H23N3. The molecule has 0 saturated heterocycles. The van der Waals surface area contributed by atoms with E-state index < -0.39 is 0 Å². The fraction of sp³-hybridized carbons (Fsp3) is 0. The van der Waals surface area contributed by atoms with Gasteiger partial charge >= 0.3 is 0 Å². The molecule has 0 fully saturated rings. The third kappa shape index (κ3) is 2.81. The highest BCUT2D eigenvalue weighted by Crippen LogP contribution is 2.54. The Bertz CT molecular complexity index is 2270. The highest BCUT2D eigenvalue weighted by molar-refractivity contribution is 6.27. The average Bonchev–Trinajstić information content (AvgIpc) is 3.36. The number of benzene rings is 6. The van der Waals surface area contributed by atoms with Crippen molar-refractivity contribution in [1.29, 1.82) is 0 Å². The summed E-state index contributed by atoms with van der Waals surface area (Å²) in [5.74, 6) is 0. The first kappa shape index (κ1) is 21.5. The molecule has 1 aliphatic heterocycles. The van der Waals surface area contributed by atoms with Crippen molar-refractivity contribution in [3.05, 3.63) is 140 Å². The molecule has 0 N–H and O–H groups in total. The van der Waals surface area contributed by atoms with Gasteiger partial charge in [-0.15, -0.1) is 0 Å². The van der Waals surface area contributed by atoms with E-state index in [1.165, 1.54) is 65.9 Å². The van der Waals surface area contributed by atoms with Crippen LogP contribution in [-0.2, 0) is 0 Å². The Morgan fingerprint density at radius 3 is 2.15 bits per heavy atom. The topological polar surface area (TPSA) is 21.1 Å². The van der Waals surface area contributed by atoms with E-state index in [1.54, 1.807) is 0 Å². The van der Waals surface area contributed by atoms with Crippen molar-refractivity contribution in [1.82, 2.24) is 9.55 Å². The standard InChI is InChI=1S/C37H23N3/c1-2-12-25(13-3-1)39-33-17-7-6-15-27(33)31-22-30-28-20-21-38-23-35(28)40(34-19-9-16-29(36(30)34)37(31)39)32-18-8-11-24-10-4-5-14-26(24)32/h1-23H. The van der Waals surface area contributed by atoms with Gasteiger partial charge in [0, 0.05) is 44.4 Å². The first-order chi connectivity index (χ1) is 19.9. The molecule has 1 aliphatic rings. The largest absolute Gasteiger partial charge is 0.309 e. The summed E-state index contributed by atoms with van der Waals surface area (Å²) in [4.78, 5) is 7.01. The van der Waals surface area contributed by atoms with Crippen molar-refractivity contribution in [3.63, 3.8) is 0 Å². The minimum atomic E-state index is 1.10. The molecule has 0 atom stereocenters. The zero-order valence-corrected chi connectivity index (χ0v) is 21.6. The fourth-order valence-electron chi connectivity index (χ4n) is 6.74. The van der Waals surface area contributed by atoms with Crippen molar-refractivity contribution < 1.29 is 0 Å². The fourth-order valence-corrected chi connectivity index (χ4v) is 6.74. The van der Waals surface area contributed by atoms with Crippen molar-refractivity contribution in [2.24, 2.45) is 0 Å². The molecule has 0 spiro atoms. The number of hydrogen-bond acceptors (Lipinski definition) is 2. The van der Waals surface area contributed by atoms with Gasteiger partial charge in [0.05, 0.1) is 34.3 Å². The highest BCUT2D eigenvalue weighted by atomic mass is 15.2. The monoisotopic (exact) mass is 509 g/mol. The lowest BCUT2D eigenvalue weighted by atomic mass is 9.89. The quantitative estimate of drug-likeness (QED) is 0.231. The summed E-state index contributed by atoms with van der Waals surface area (Å²) in [5.41, 5.74) is 9.51. The Hall–Kier alpha value is -5.41. The van der Waals surface area contributed by atoms with Crippen LogP contribution in [0.5, 0.6) is 0 Å². The van der Waals surface area contributed by atoms with Gasteiger partial charge in [0.25, 0.3) is 0 Å². The zero-order valence-electron chi connectivity index (χ0n) is 21.6. The summed E-state index contributed by atoms with van der Waals surface area (Å²) in [5, 5.41) is 7.49. The molecule has 40 heavy (non-hydrogen) atoms. The molecule has 3 heterocycles. The molecule has 0 aliphatic carbocycles. The molecule has 8 aromatic rings. The van der Waals surface area contributed by atoms with E-state index >= 15 is 0 Å². The van der Waals surface area contributed by atoms with Crippen LogP contribution in [0, 0.1) is 0 Å². The van der Waals surface area contributed by atoms with Gasteiger partial charge in [-0.3, -0.25) is 4.98 Å². The van der Waals surface area contributed by atoms with Gasteiger partial charge in [0.2, 0.25) is 0 Å². The first-order valence-corrected chi connectivity index (χ1v) is 13.6. The predicted molar refractivity (Wildman–Crippen MR) is 167 cm³/mol. The predicted octanol–water partition coefficient (Wildman–Crippen LogP) is 9.94. The van der Waals surface area contributed by atoms with Gasteiger partial charge in [-0.05, 0) is 53.4 Å². The third-order valence-electron chi connectivity index (χ3n) is 8.36. The van der Waals surface area contributed by atoms with E-state index in [0.29, 0.717) is 0 Å². The number of pyridine rings is 1. The Balaban J connectivity index is 1.48. The summed E-state index contributed by atoms with van der Waals surface area (Å²) in [6.07, 6.45) is 3.92. The number of anilines is 3. The van der Waals surface area contributed by atoms with Crippen LogP contribution in [0.4, 0.5) is 17.1 Å². The molecule has 0 saturated carbocycles. The van der Waals surface area contributed by atoms with Crippen molar-refractivity contribution in [3.8, 4) is 16.8 Å². The van der Waals surface area contributed by atoms with Crippen LogP contribution in [0.1, 0.15) is 0 Å². The normalized spacial score (nSPS) is 12.4. The lowest BCUT2D eigenvalue weighted by Gasteiger charge is -2.34. The van der Waals surface area contributed by atoms with Crippen LogP contribution in [0.25, 0.3) is 60.2 Å². The molecule has 3 nitrogen and oxygen atoms in total. The molecule has 0 radical (unpaired) electrons. The number of rotatable bonds is 2. The Morgan fingerprint density at radius 1 is 0.500 bits per heavy atom. The zero-order chi connectivity index (χ0) is 26.2. The van der Waals surface area contributed by atoms with E-state index in [9.17, 15) is 0 Å². The van der Waals surface area contributed by atoms with E-state index in [2.05, 4.69) is 142 Å². The lowest BCUT2D eigenvalue weighted by molar-refractivity contribution is 1.19. The lowest BCUT2D eigenvalue weighted by Crippen LogP contribution is -2.15. The van der Waals surface area contributed by atoms with Crippen LogP contribution in [0.2, 0.25) is 0 Å².